The van der Waals surface area contributed by atoms with E-state index in [1.165, 1.54) is 11.2 Å². The van der Waals surface area contributed by atoms with Crippen LogP contribution in [0.4, 0.5) is 0 Å². The molecule has 2 amide bonds. The molecule has 0 aromatic carbocycles. The van der Waals surface area contributed by atoms with E-state index < -0.39 is 9.84 Å². The number of nitrogens with one attached hydrogen (secondary N) is 1. The number of furan rings is 1. The number of nitrogens with zero attached hydrogens (tertiary/aromatic N) is 1. The number of hydrogen-bond donors (Lipinski definition) is 1. The van der Waals surface area contributed by atoms with Gasteiger partial charge in [-0.25, -0.2) is 8.42 Å². The minimum absolute atomic E-state index is 0.0221. The number of hydrogen-bond acceptors (Lipinski definition) is 7. The van der Waals surface area contributed by atoms with Crippen molar-refractivity contribution < 1.29 is 22.4 Å². The number of rotatable bonds is 5. The van der Waals surface area contributed by atoms with E-state index in [9.17, 15) is 18.0 Å². The second-order valence-corrected chi connectivity index (χ2v) is 9.67. The molecule has 1 atom stereocenters. The fourth-order valence-corrected chi connectivity index (χ4v) is 5.58. The topological polar surface area (TPSA) is 96.7 Å². The van der Waals surface area contributed by atoms with Gasteiger partial charge >= 0.3 is 0 Å². The summed E-state index contributed by atoms with van der Waals surface area (Å²) in [5, 5.41) is 2.70. The lowest BCUT2D eigenvalue weighted by Gasteiger charge is -2.15. The Labute approximate surface area is 154 Å². The van der Waals surface area contributed by atoms with Crippen LogP contribution < -0.4 is 5.32 Å². The Morgan fingerprint density at radius 1 is 1.52 bits per heavy atom. The molecule has 0 saturated carbocycles. The fourth-order valence-electron chi connectivity index (χ4n) is 2.62. The van der Waals surface area contributed by atoms with Crippen LogP contribution in [0.25, 0.3) is 6.08 Å². The molecule has 0 unspecified atom stereocenters. The maximum absolute atomic E-state index is 12.4. The van der Waals surface area contributed by atoms with Gasteiger partial charge in [0, 0.05) is 25.1 Å². The first kappa shape index (κ1) is 18.2. The van der Waals surface area contributed by atoms with Gasteiger partial charge in [-0.1, -0.05) is 24.0 Å². The van der Waals surface area contributed by atoms with Crippen molar-refractivity contribution in [3.8, 4) is 0 Å². The van der Waals surface area contributed by atoms with Crippen LogP contribution in [0.3, 0.4) is 0 Å². The van der Waals surface area contributed by atoms with Crippen molar-refractivity contribution in [1.82, 2.24) is 10.2 Å². The maximum atomic E-state index is 12.4. The van der Waals surface area contributed by atoms with Crippen molar-refractivity contribution in [2.75, 3.05) is 18.1 Å². The molecule has 7 nitrogen and oxygen atoms in total. The van der Waals surface area contributed by atoms with Crippen LogP contribution in [0.2, 0.25) is 0 Å². The quantitative estimate of drug-likeness (QED) is 0.585. The number of thioether (sulfide) groups is 1. The monoisotopic (exact) mass is 400 g/mol. The summed E-state index contributed by atoms with van der Waals surface area (Å²) in [5.74, 6) is 0.0881. The molecule has 0 radical (unpaired) electrons. The van der Waals surface area contributed by atoms with Crippen molar-refractivity contribution in [1.29, 1.82) is 0 Å². The van der Waals surface area contributed by atoms with Crippen LogP contribution in [-0.2, 0) is 19.4 Å². The first-order valence-corrected chi connectivity index (χ1v) is 10.7. The predicted octanol–water partition coefficient (Wildman–Crippen LogP) is 1.17. The minimum atomic E-state index is -3.04. The summed E-state index contributed by atoms with van der Waals surface area (Å²) in [6, 6.07) is 3.11. The highest BCUT2D eigenvalue weighted by Crippen LogP contribution is 2.32. The normalized spacial score (nSPS) is 24.2. The number of amides is 2. The van der Waals surface area contributed by atoms with E-state index in [0.29, 0.717) is 21.4 Å². The van der Waals surface area contributed by atoms with Gasteiger partial charge in [-0.15, -0.1) is 0 Å². The molecule has 3 rings (SSSR count). The molecule has 0 aliphatic carbocycles. The summed E-state index contributed by atoms with van der Waals surface area (Å²) < 4.78 is 28.4. The van der Waals surface area contributed by atoms with Crippen molar-refractivity contribution >= 4 is 56.0 Å². The zero-order valence-corrected chi connectivity index (χ0v) is 15.6. The lowest BCUT2D eigenvalue weighted by atomic mass is 10.2. The molecule has 2 aliphatic rings. The third-order valence-electron chi connectivity index (χ3n) is 3.85. The first-order valence-electron chi connectivity index (χ1n) is 7.63. The van der Waals surface area contributed by atoms with E-state index in [0.717, 1.165) is 11.8 Å². The van der Waals surface area contributed by atoms with Gasteiger partial charge in [-0.05, 0) is 18.6 Å². The van der Waals surface area contributed by atoms with Crippen LogP contribution in [0.1, 0.15) is 18.6 Å². The molecule has 2 saturated heterocycles. The first-order chi connectivity index (χ1) is 11.8. The van der Waals surface area contributed by atoms with E-state index in [-0.39, 0.29) is 42.3 Å². The van der Waals surface area contributed by atoms with Crippen LogP contribution in [0, 0.1) is 0 Å². The van der Waals surface area contributed by atoms with Crippen LogP contribution in [0.15, 0.2) is 27.7 Å². The molecule has 3 heterocycles. The van der Waals surface area contributed by atoms with E-state index >= 15 is 0 Å². The third kappa shape index (κ3) is 4.50. The van der Waals surface area contributed by atoms with E-state index in [1.807, 2.05) is 0 Å². The van der Waals surface area contributed by atoms with Gasteiger partial charge < -0.3 is 9.73 Å². The van der Waals surface area contributed by atoms with Crippen molar-refractivity contribution in [2.24, 2.45) is 0 Å². The van der Waals surface area contributed by atoms with Gasteiger partial charge in [0.1, 0.15) is 10.1 Å². The minimum Gasteiger partial charge on any atom is -0.465 e. The highest BCUT2D eigenvalue weighted by Gasteiger charge is 2.33. The fraction of sp³-hybridized carbons (Fsp3) is 0.400. The molecular formula is C15H16N2O5S3. The van der Waals surface area contributed by atoms with Crippen molar-refractivity contribution in [3.63, 3.8) is 0 Å². The second-order valence-electron chi connectivity index (χ2n) is 5.77. The summed E-state index contributed by atoms with van der Waals surface area (Å²) in [6.07, 6.45) is 3.63. The smallest absolute Gasteiger partial charge is 0.266 e. The summed E-state index contributed by atoms with van der Waals surface area (Å²) in [6.45, 7) is 0.158. The Morgan fingerprint density at radius 3 is 2.96 bits per heavy atom. The van der Waals surface area contributed by atoms with Gasteiger partial charge in [0.05, 0.1) is 22.7 Å². The number of carbonyl (C=O) groups excluding carboxylic acids is 2. The lowest BCUT2D eigenvalue weighted by Crippen LogP contribution is -2.38. The molecule has 25 heavy (non-hydrogen) atoms. The number of carbonyl (C=O) groups is 2. The molecule has 2 fully saturated rings. The van der Waals surface area contributed by atoms with Gasteiger partial charge in [-0.3, -0.25) is 14.5 Å². The predicted molar refractivity (Wildman–Crippen MR) is 98.4 cm³/mol. The van der Waals surface area contributed by atoms with Crippen molar-refractivity contribution in [2.45, 2.75) is 18.9 Å². The highest BCUT2D eigenvalue weighted by atomic mass is 32.2. The summed E-state index contributed by atoms with van der Waals surface area (Å²) in [5.41, 5.74) is 0. The lowest BCUT2D eigenvalue weighted by molar-refractivity contribution is -0.124. The average molecular weight is 401 g/mol. The van der Waals surface area contributed by atoms with Crippen LogP contribution in [-0.4, -0.2) is 53.5 Å². The Kier molecular flexibility index (Phi) is 5.30. The van der Waals surface area contributed by atoms with E-state index in [1.54, 1.807) is 18.2 Å². The van der Waals surface area contributed by atoms with Crippen molar-refractivity contribution in [3.05, 3.63) is 29.1 Å². The zero-order valence-electron chi connectivity index (χ0n) is 13.1. The Bertz CT molecular complexity index is 829. The Hall–Kier alpha value is -1.65. The third-order valence-corrected chi connectivity index (χ3v) is 7.00. The molecule has 1 N–H and O–H groups in total. The van der Waals surface area contributed by atoms with Gasteiger partial charge in [-0.2, -0.15) is 0 Å². The van der Waals surface area contributed by atoms with Gasteiger partial charge in [0.2, 0.25) is 5.91 Å². The Balaban J connectivity index is 1.53. The van der Waals surface area contributed by atoms with Crippen LogP contribution >= 0.6 is 24.0 Å². The maximum Gasteiger partial charge on any atom is 0.266 e. The average Bonchev–Trinajstić information content (AvgIpc) is 3.21. The van der Waals surface area contributed by atoms with E-state index in [4.69, 9.17) is 16.6 Å². The van der Waals surface area contributed by atoms with Gasteiger partial charge in [0.15, 0.2) is 9.84 Å². The molecule has 1 aromatic rings. The standard InChI is InChI=1S/C15H16N2O5S3/c18-13(16-10-4-7-25(20,21)9-10)3-5-17-14(19)12(24-15(17)23)8-11-2-1-6-22-11/h1-2,6,8,10H,3-5,7,9H2,(H,16,18)/b12-8-/t10-/m0/s1. The molecule has 10 heteroatoms. The van der Waals surface area contributed by atoms with Crippen LogP contribution in [0.5, 0.6) is 0 Å². The second kappa shape index (κ2) is 7.30. The van der Waals surface area contributed by atoms with Gasteiger partial charge in [0.25, 0.3) is 5.91 Å². The largest absolute Gasteiger partial charge is 0.465 e. The molecule has 0 bridgehead atoms. The SMILES string of the molecule is O=C(CCN1C(=O)/C(=C/c2ccco2)SC1=S)N[C@H]1CCS(=O)(=O)C1. The molecule has 1 aromatic heterocycles. The number of sulfone groups is 1. The summed E-state index contributed by atoms with van der Waals surface area (Å²) in [7, 11) is -3.04. The highest BCUT2D eigenvalue weighted by molar-refractivity contribution is 8.26. The summed E-state index contributed by atoms with van der Waals surface area (Å²) in [4.78, 5) is 26.2. The number of thiocarbonyl (C=S) groups is 1. The molecule has 134 valence electrons. The molecule has 2 aliphatic heterocycles. The molecular weight excluding hydrogens is 384 g/mol. The van der Waals surface area contributed by atoms with E-state index in [2.05, 4.69) is 5.32 Å². The summed E-state index contributed by atoms with van der Waals surface area (Å²) >= 11 is 6.36. The zero-order chi connectivity index (χ0) is 18.0. The molecule has 0 spiro atoms. The Morgan fingerprint density at radius 2 is 2.32 bits per heavy atom.